The maximum atomic E-state index is 11.9. The predicted octanol–water partition coefficient (Wildman–Crippen LogP) is 0.200. The number of carbonyl (C=O) groups excluding carboxylic acids is 2. The van der Waals surface area contributed by atoms with Gasteiger partial charge in [-0.3, -0.25) is 9.59 Å². The molecule has 3 N–H and O–H groups in total. The number of phenolic OH excluding ortho intramolecular Hbond substituents is 1. The van der Waals surface area contributed by atoms with E-state index in [0.29, 0.717) is 5.69 Å². The third kappa shape index (κ3) is 3.03. The van der Waals surface area contributed by atoms with Gasteiger partial charge >= 0.3 is 0 Å². The average Bonchev–Trinajstić information content (AvgIpc) is 2.72. The van der Waals surface area contributed by atoms with Gasteiger partial charge in [0.15, 0.2) is 0 Å². The number of rotatable bonds is 3. The molecule has 0 unspecified atom stereocenters. The van der Waals surface area contributed by atoms with Crippen LogP contribution in [0.4, 0.5) is 5.69 Å². The lowest BCUT2D eigenvalue weighted by Gasteiger charge is -2.17. The maximum Gasteiger partial charge on any atom is 0.227 e. The number of hydrogen-bond acceptors (Lipinski definition) is 4. The molecule has 2 atom stereocenters. The lowest BCUT2D eigenvalue weighted by molar-refractivity contribution is -0.128. The van der Waals surface area contributed by atoms with Crippen molar-refractivity contribution in [1.29, 1.82) is 0 Å². The highest BCUT2D eigenvalue weighted by atomic mass is 16.3. The fourth-order valence-electron chi connectivity index (χ4n) is 2.09. The van der Waals surface area contributed by atoms with Crippen LogP contribution in [-0.2, 0) is 9.59 Å². The summed E-state index contributed by atoms with van der Waals surface area (Å²) in [5.41, 5.74) is 0.648. The molecule has 1 aromatic rings. The fraction of sp³-hybridized carbons (Fsp3) is 0.385. The van der Waals surface area contributed by atoms with Crippen molar-refractivity contribution in [3.8, 4) is 5.75 Å². The van der Waals surface area contributed by atoms with Crippen LogP contribution in [0.3, 0.4) is 0 Å². The molecule has 0 spiro atoms. The Labute approximate surface area is 110 Å². The fourth-order valence-corrected chi connectivity index (χ4v) is 2.09. The Morgan fingerprint density at radius 3 is 2.63 bits per heavy atom. The van der Waals surface area contributed by atoms with E-state index in [1.165, 1.54) is 24.0 Å². The van der Waals surface area contributed by atoms with Crippen LogP contribution in [0, 0.1) is 5.92 Å². The maximum absolute atomic E-state index is 11.9. The van der Waals surface area contributed by atoms with E-state index >= 15 is 0 Å². The summed E-state index contributed by atoms with van der Waals surface area (Å²) in [5, 5.41) is 20.7. The summed E-state index contributed by atoms with van der Waals surface area (Å²) < 4.78 is 0. The highest BCUT2D eigenvalue weighted by molar-refractivity contribution is 6.00. The van der Waals surface area contributed by atoms with Gasteiger partial charge < -0.3 is 20.4 Å². The molecule has 0 bridgehead atoms. The predicted molar refractivity (Wildman–Crippen MR) is 68.4 cm³/mol. The highest BCUT2D eigenvalue weighted by Crippen LogP contribution is 2.26. The first kappa shape index (κ1) is 13.4. The highest BCUT2D eigenvalue weighted by Gasteiger charge is 2.35. The number of nitrogens with one attached hydrogen (secondary N) is 1. The van der Waals surface area contributed by atoms with Crippen molar-refractivity contribution in [1.82, 2.24) is 5.32 Å². The topological polar surface area (TPSA) is 89.9 Å². The largest absolute Gasteiger partial charge is 0.508 e. The smallest absolute Gasteiger partial charge is 0.227 e. The number of aromatic hydroxyl groups is 1. The van der Waals surface area contributed by atoms with Gasteiger partial charge in [-0.15, -0.1) is 0 Å². The zero-order valence-corrected chi connectivity index (χ0v) is 10.5. The molecule has 0 aromatic heterocycles. The summed E-state index contributed by atoms with van der Waals surface area (Å²) in [7, 11) is 0. The van der Waals surface area contributed by atoms with Gasteiger partial charge in [-0.05, 0) is 31.2 Å². The molecule has 0 saturated carbocycles. The third-order valence-corrected chi connectivity index (χ3v) is 3.01. The molecule has 1 aliphatic rings. The first-order chi connectivity index (χ1) is 8.97. The van der Waals surface area contributed by atoms with E-state index in [-0.39, 0.29) is 30.5 Å². The van der Waals surface area contributed by atoms with Gasteiger partial charge in [0.05, 0.1) is 5.92 Å². The summed E-state index contributed by atoms with van der Waals surface area (Å²) in [5.74, 6) is -0.809. The van der Waals surface area contributed by atoms with E-state index < -0.39 is 12.1 Å². The third-order valence-electron chi connectivity index (χ3n) is 3.01. The van der Waals surface area contributed by atoms with Crippen LogP contribution >= 0.6 is 0 Å². The van der Waals surface area contributed by atoms with E-state index in [0.717, 1.165) is 0 Å². The van der Waals surface area contributed by atoms with Crippen molar-refractivity contribution in [3.05, 3.63) is 24.3 Å². The van der Waals surface area contributed by atoms with E-state index in [1.807, 2.05) is 0 Å². The van der Waals surface area contributed by atoms with Gasteiger partial charge in [0.2, 0.25) is 11.8 Å². The molecule has 0 aliphatic carbocycles. The van der Waals surface area contributed by atoms with Gasteiger partial charge in [0.25, 0.3) is 0 Å². The Kier molecular flexibility index (Phi) is 3.71. The molecule has 1 heterocycles. The second kappa shape index (κ2) is 5.27. The van der Waals surface area contributed by atoms with E-state index in [9.17, 15) is 14.7 Å². The molecule has 1 aromatic carbocycles. The Bertz CT molecular complexity index is 484. The summed E-state index contributed by atoms with van der Waals surface area (Å²) in [6.07, 6.45) is -0.801. The molecule has 0 radical (unpaired) electrons. The van der Waals surface area contributed by atoms with Gasteiger partial charge in [0, 0.05) is 18.7 Å². The summed E-state index contributed by atoms with van der Waals surface area (Å²) >= 11 is 0. The van der Waals surface area contributed by atoms with Crippen molar-refractivity contribution >= 4 is 17.5 Å². The summed E-state index contributed by atoms with van der Waals surface area (Å²) in [4.78, 5) is 25.1. The van der Waals surface area contributed by atoms with E-state index in [2.05, 4.69) is 5.32 Å². The minimum Gasteiger partial charge on any atom is -0.508 e. The van der Waals surface area contributed by atoms with Crippen molar-refractivity contribution < 1.29 is 19.8 Å². The quantitative estimate of drug-likeness (QED) is 0.680. The number of benzene rings is 1. The lowest BCUT2D eigenvalue weighted by Crippen LogP contribution is -2.38. The summed E-state index contributed by atoms with van der Waals surface area (Å²) in [6.45, 7) is 1.73. The van der Waals surface area contributed by atoms with E-state index in [4.69, 9.17) is 5.11 Å². The van der Waals surface area contributed by atoms with Crippen molar-refractivity contribution in [2.45, 2.75) is 19.6 Å². The lowest BCUT2D eigenvalue weighted by atomic mass is 10.1. The molecule has 6 nitrogen and oxygen atoms in total. The normalized spacial score (nSPS) is 20.4. The van der Waals surface area contributed by atoms with Gasteiger partial charge in [-0.2, -0.15) is 0 Å². The van der Waals surface area contributed by atoms with Crippen molar-refractivity contribution in [2.75, 3.05) is 11.4 Å². The number of aliphatic hydroxyl groups excluding tert-OH is 1. The second-order valence-electron chi connectivity index (χ2n) is 4.61. The number of aliphatic hydroxyl groups is 1. The molecule has 1 saturated heterocycles. The molecule has 2 amide bonds. The minimum atomic E-state index is -0.926. The van der Waals surface area contributed by atoms with Crippen LogP contribution < -0.4 is 10.2 Å². The number of carbonyl (C=O) groups is 2. The molecule has 102 valence electrons. The van der Waals surface area contributed by atoms with Gasteiger partial charge in [-0.25, -0.2) is 0 Å². The molecular formula is C13H16N2O4. The number of hydrogen-bond donors (Lipinski definition) is 3. The Hall–Kier alpha value is -2.08. The van der Waals surface area contributed by atoms with Crippen LogP contribution in [-0.4, -0.2) is 34.8 Å². The van der Waals surface area contributed by atoms with Crippen molar-refractivity contribution in [3.63, 3.8) is 0 Å². The van der Waals surface area contributed by atoms with Crippen LogP contribution in [0.1, 0.15) is 13.3 Å². The van der Waals surface area contributed by atoms with Gasteiger partial charge in [-0.1, -0.05) is 0 Å². The zero-order valence-electron chi connectivity index (χ0n) is 10.5. The molecule has 6 heteroatoms. The molecule has 2 rings (SSSR count). The first-order valence-electron chi connectivity index (χ1n) is 6.05. The van der Waals surface area contributed by atoms with E-state index in [1.54, 1.807) is 12.1 Å². The average molecular weight is 264 g/mol. The monoisotopic (exact) mass is 264 g/mol. The Morgan fingerprint density at radius 1 is 1.42 bits per heavy atom. The summed E-state index contributed by atoms with van der Waals surface area (Å²) in [6, 6.07) is 6.24. The van der Waals surface area contributed by atoms with Crippen LogP contribution in [0.2, 0.25) is 0 Å². The molecular weight excluding hydrogens is 248 g/mol. The molecule has 1 fully saturated rings. The second-order valence-corrected chi connectivity index (χ2v) is 4.61. The first-order valence-corrected chi connectivity index (χ1v) is 6.05. The zero-order chi connectivity index (χ0) is 14.0. The van der Waals surface area contributed by atoms with Crippen LogP contribution in [0.5, 0.6) is 5.75 Å². The molecule has 1 aliphatic heterocycles. The van der Waals surface area contributed by atoms with Crippen molar-refractivity contribution in [2.24, 2.45) is 5.92 Å². The number of amides is 2. The molecule has 19 heavy (non-hydrogen) atoms. The standard InChI is InChI=1S/C13H16N2O4/c1-8(16)14-13(19)9-6-12(18)15(7-9)10-2-4-11(17)5-3-10/h2-5,8-9,16-17H,6-7H2,1H3,(H,14,19)/t8-,9+/m1/s1. The number of anilines is 1. The number of phenols is 1. The van der Waals surface area contributed by atoms with Crippen LogP contribution in [0.15, 0.2) is 24.3 Å². The number of nitrogens with zero attached hydrogens (tertiary/aromatic N) is 1. The van der Waals surface area contributed by atoms with Crippen LogP contribution in [0.25, 0.3) is 0 Å². The Morgan fingerprint density at radius 2 is 2.05 bits per heavy atom. The Balaban J connectivity index is 2.07. The van der Waals surface area contributed by atoms with Gasteiger partial charge in [0.1, 0.15) is 12.0 Å². The minimum absolute atomic E-state index is 0.124. The SMILES string of the molecule is C[C@@H](O)NC(=O)[C@H]1CC(=O)N(c2ccc(O)cc2)C1.